The molecule has 1 aromatic carbocycles. The van der Waals surface area contributed by atoms with Gasteiger partial charge in [-0.25, -0.2) is 5.10 Å². The van der Waals surface area contributed by atoms with Gasteiger partial charge in [0, 0.05) is 12.0 Å². The lowest BCUT2D eigenvalue weighted by atomic mass is 9.92. The van der Waals surface area contributed by atoms with Crippen LogP contribution >= 0.6 is 12.2 Å². The van der Waals surface area contributed by atoms with Crippen LogP contribution < -0.4 is 4.74 Å². The molecule has 6 heteroatoms. The summed E-state index contributed by atoms with van der Waals surface area (Å²) in [7, 11) is 1.65. The molecule has 0 aliphatic heterocycles. The van der Waals surface area contributed by atoms with Crippen molar-refractivity contribution in [1.29, 1.82) is 0 Å². The van der Waals surface area contributed by atoms with E-state index in [0.29, 0.717) is 12.3 Å². The van der Waals surface area contributed by atoms with E-state index in [0.717, 1.165) is 17.1 Å². The minimum atomic E-state index is -0.0578. The van der Waals surface area contributed by atoms with E-state index in [1.165, 1.54) is 0 Å². The molecule has 1 atom stereocenters. The highest BCUT2D eigenvalue weighted by Gasteiger charge is 2.23. The number of furan rings is 1. The maximum Gasteiger partial charge on any atom is 0.284 e. The number of hydrogen-bond donors (Lipinski definition) is 1. The van der Waals surface area contributed by atoms with Gasteiger partial charge in [-0.3, -0.25) is 0 Å². The lowest BCUT2D eigenvalue weighted by Crippen LogP contribution is -2.06. The summed E-state index contributed by atoms with van der Waals surface area (Å²) >= 11 is 4.92. The molecule has 108 valence electrons. The van der Waals surface area contributed by atoms with Crippen LogP contribution in [0.5, 0.6) is 5.75 Å². The first-order valence-corrected chi connectivity index (χ1v) is 6.89. The molecule has 3 rings (SSSR count). The second-order valence-corrected chi connectivity index (χ2v) is 4.89. The van der Waals surface area contributed by atoms with Gasteiger partial charge >= 0.3 is 0 Å². The fraction of sp³-hybridized carbons (Fsp3) is 0.200. The van der Waals surface area contributed by atoms with Crippen LogP contribution in [0, 0.1) is 4.84 Å². The third-order valence-corrected chi connectivity index (χ3v) is 3.44. The normalized spacial score (nSPS) is 12.2. The second-order valence-electron chi connectivity index (χ2n) is 4.52. The summed E-state index contributed by atoms with van der Waals surface area (Å²) in [6.45, 7) is 0. The van der Waals surface area contributed by atoms with Crippen molar-refractivity contribution in [1.82, 2.24) is 10.2 Å². The summed E-state index contributed by atoms with van der Waals surface area (Å²) in [5.41, 5.74) is 1.01. The van der Waals surface area contributed by atoms with Crippen LogP contribution in [0.1, 0.15) is 23.1 Å². The molecule has 0 saturated heterocycles. The Hall–Kier alpha value is -2.34. The number of nitrogens with zero attached hydrogens (tertiary/aromatic N) is 1. The first-order valence-electron chi connectivity index (χ1n) is 6.48. The van der Waals surface area contributed by atoms with Crippen LogP contribution in [-0.4, -0.2) is 17.3 Å². The van der Waals surface area contributed by atoms with Gasteiger partial charge in [0.15, 0.2) is 0 Å². The number of aromatic nitrogens is 2. The van der Waals surface area contributed by atoms with E-state index in [2.05, 4.69) is 10.2 Å². The molecular weight excluding hydrogens is 288 g/mol. The van der Waals surface area contributed by atoms with Crippen molar-refractivity contribution in [2.24, 2.45) is 0 Å². The highest BCUT2D eigenvalue weighted by atomic mass is 32.1. The van der Waals surface area contributed by atoms with Crippen LogP contribution in [0.2, 0.25) is 0 Å². The summed E-state index contributed by atoms with van der Waals surface area (Å²) in [5, 5.41) is 6.70. The molecule has 3 aromatic rings. The van der Waals surface area contributed by atoms with Crippen molar-refractivity contribution in [3.05, 3.63) is 64.7 Å². The summed E-state index contributed by atoms with van der Waals surface area (Å²) in [6.07, 6.45) is 2.18. The molecule has 5 nitrogen and oxygen atoms in total. The third-order valence-electron chi connectivity index (χ3n) is 3.26. The van der Waals surface area contributed by atoms with Crippen LogP contribution in [0.4, 0.5) is 0 Å². The maximum atomic E-state index is 5.57. The van der Waals surface area contributed by atoms with Gasteiger partial charge in [0.25, 0.3) is 4.84 Å². The molecule has 1 N–H and O–H groups in total. The molecule has 2 heterocycles. The number of methoxy groups -OCH3 is 1. The molecule has 0 fully saturated rings. The number of H-pyrrole nitrogens is 1. The molecule has 0 aliphatic rings. The number of hydrogen-bond acceptors (Lipinski definition) is 5. The molecular formula is C15H14N2O3S. The molecule has 0 aliphatic carbocycles. The average molecular weight is 302 g/mol. The van der Waals surface area contributed by atoms with Crippen molar-refractivity contribution in [2.75, 3.05) is 7.11 Å². The molecule has 0 saturated carbocycles. The average Bonchev–Trinajstić information content (AvgIpc) is 3.16. The summed E-state index contributed by atoms with van der Waals surface area (Å²) in [6, 6.07) is 11.6. The van der Waals surface area contributed by atoms with Gasteiger partial charge < -0.3 is 13.6 Å². The largest absolute Gasteiger partial charge is 0.496 e. The van der Waals surface area contributed by atoms with E-state index in [4.69, 9.17) is 25.8 Å². The van der Waals surface area contributed by atoms with Gasteiger partial charge in [-0.15, -0.1) is 5.10 Å². The number of nitrogens with one attached hydrogen (secondary N) is 1. The smallest absolute Gasteiger partial charge is 0.284 e. The lowest BCUT2D eigenvalue weighted by molar-refractivity contribution is 0.395. The van der Waals surface area contributed by atoms with E-state index in [1.54, 1.807) is 13.4 Å². The van der Waals surface area contributed by atoms with Gasteiger partial charge in [0.05, 0.1) is 19.3 Å². The van der Waals surface area contributed by atoms with Crippen LogP contribution in [0.25, 0.3) is 0 Å². The topological polar surface area (TPSA) is 64.2 Å². The van der Waals surface area contributed by atoms with Crippen molar-refractivity contribution in [3.63, 3.8) is 0 Å². The quantitative estimate of drug-likeness (QED) is 0.728. The van der Waals surface area contributed by atoms with Gasteiger partial charge in [-0.2, -0.15) is 0 Å². The minimum Gasteiger partial charge on any atom is -0.496 e. The SMILES string of the molecule is COc1ccccc1C(Cc1n[nH]c(=S)o1)c1ccco1. The zero-order valence-electron chi connectivity index (χ0n) is 11.4. The molecule has 0 radical (unpaired) electrons. The fourth-order valence-corrected chi connectivity index (χ4v) is 2.47. The van der Waals surface area contributed by atoms with E-state index < -0.39 is 0 Å². The van der Waals surface area contributed by atoms with Crippen molar-refractivity contribution in [2.45, 2.75) is 12.3 Å². The number of para-hydroxylation sites is 1. The van der Waals surface area contributed by atoms with Crippen molar-refractivity contribution >= 4 is 12.2 Å². The Bertz CT molecular complexity index is 761. The molecule has 1 unspecified atom stereocenters. The van der Waals surface area contributed by atoms with E-state index in [1.807, 2.05) is 36.4 Å². The molecule has 0 spiro atoms. The Labute approximate surface area is 126 Å². The van der Waals surface area contributed by atoms with Crippen LogP contribution in [0.3, 0.4) is 0 Å². The number of ether oxygens (including phenoxy) is 1. The molecule has 2 aromatic heterocycles. The highest BCUT2D eigenvalue weighted by Crippen LogP contribution is 2.34. The number of benzene rings is 1. The zero-order valence-corrected chi connectivity index (χ0v) is 12.2. The maximum absolute atomic E-state index is 5.57. The zero-order chi connectivity index (χ0) is 14.7. The summed E-state index contributed by atoms with van der Waals surface area (Å²) in [5.74, 6) is 2.10. The fourth-order valence-electron chi connectivity index (χ4n) is 2.33. The number of rotatable bonds is 5. The predicted molar refractivity (Wildman–Crippen MR) is 78.9 cm³/mol. The summed E-state index contributed by atoms with van der Waals surface area (Å²) in [4.78, 5) is 0.267. The Morgan fingerprint density at radius 3 is 2.81 bits per heavy atom. The number of aromatic amines is 1. The molecule has 0 bridgehead atoms. The summed E-state index contributed by atoms with van der Waals surface area (Å²) < 4.78 is 16.4. The Morgan fingerprint density at radius 1 is 1.29 bits per heavy atom. The van der Waals surface area contributed by atoms with E-state index in [-0.39, 0.29) is 10.8 Å². The van der Waals surface area contributed by atoms with Crippen LogP contribution in [0.15, 0.2) is 51.5 Å². The van der Waals surface area contributed by atoms with E-state index >= 15 is 0 Å². The van der Waals surface area contributed by atoms with Gasteiger partial charge in [-0.1, -0.05) is 18.2 Å². The minimum absolute atomic E-state index is 0.0578. The highest BCUT2D eigenvalue weighted by molar-refractivity contribution is 7.71. The Morgan fingerprint density at radius 2 is 2.14 bits per heavy atom. The van der Waals surface area contributed by atoms with Crippen molar-refractivity contribution < 1.29 is 13.6 Å². The lowest BCUT2D eigenvalue weighted by Gasteiger charge is -2.16. The first kappa shape index (κ1) is 13.6. The van der Waals surface area contributed by atoms with E-state index in [9.17, 15) is 0 Å². The molecule has 21 heavy (non-hydrogen) atoms. The van der Waals surface area contributed by atoms with Gasteiger partial charge in [0.2, 0.25) is 5.89 Å². The first-order chi connectivity index (χ1) is 10.3. The van der Waals surface area contributed by atoms with Crippen molar-refractivity contribution in [3.8, 4) is 5.75 Å². The molecule has 0 amide bonds. The van der Waals surface area contributed by atoms with Crippen LogP contribution in [-0.2, 0) is 6.42 Å². The third kappa shape index (κ3) is 2.90. The Kier molecular flexibility index (Phi) is 3.87. The second kappa shape index (κ2) is 5.97. The Balaban J connectivity index is 2.02. The predicted octanol–water partition coefficient (Wildman–Crippen LogP) is 3.71. The standard InChI is InChI=1S/C15H14N2O3S/c1-18-12-6-3-2-5-10(12)11(13-7-4-8-19-13)9-14-16-17-15(21)20-14/h2-8,11H,9H2,1H3,(H,17,21). The van der Waals surface area contributed by atoms with Gasteiger partial charge in [-0.05, 0) is 30.4 Å². The monoisotopic (exact) mass is 302 g/mol. The van der Waals surface area contributed by atoms with Gasteiger partial charge in [0.1, 0.15) is 11.5 Å².